The van der Waals surface area contributed by atoms with Gasteiger partial charge in [0, 0.05) is 0 Å². The van der Waals surface area contributed by atoms with Gasteiger partial charge in [-0.15, -0.1) is 39.7 Å². The molecule has 0 radical (unpaired) electrons. The monoisotopic (exact) mass is 836 g/mol. The van der Waals surface area contributed by atoms with Crippen LogP contribution in [0.4, 0.5) is 0 Å². The molecule has 1 unspecified atom stereocenters. The quantitative estimate of drug-likeness (QED) is 0.123. The van der Waals surface area contributed by atoms with Gasteiger partial charge in [-0.2, -0.15) is 11.1 Å². The van der Waals surface area contributed by atoms with Crippen molar-refractivity contribution in [2.75, 3.05) is 0 Å². The van der Waals surface area contributed by atoms with Crippen LogP contribution in [-0.2, 0) is 35.1 Å². The molecule has 0 aromatic heterocycles. The maximum atomic E-state index is 3.81. The van der Waals surface area contributed by atoms with Crippen molar-refractivity contribution in [1.82, 2.24) is 0 Å². The predicted molar refractivity (Wildman–Crippen MR) is 227 cm³/mol. The van der Waals surface area contributed by atoms with E-state index in [-0.39, 0.29) is 35.6 Å². The van der Waals surface area contributed by atoms with Crippen LogP contribution < -0.4 is 24.8 Å². The molecule has 5 aromatic rings. The van der Waals surface area contributed by atoms with Crippen LogP contribution in [-0.4, -0.2) is 3.21 Å². The Hall–Kier alpha value is -2.44. The maximum absolute atomic E-state index is 3.81. The van der Waals surface area contributed by atoms with E-state index < -0.39 is 0 Å². The number of rotatable bonds is 10. The van der Waals surface area contributed by atoms with Gasteiger partial charge in [-0.25, -0.2) is 5.57 Å². The first kappa shape index (κ1) is 47.7. The average molecular weight is 839 g/mol. The fourth-order valence-electron chi connectivity index (χ4n) is 7.28. The number of halogens is 2. The van der Waals surface area contributed by atoms with Gasteiger partial charge in [-0.05, 0) is 17.3 Å². The summed E-state index contributed by atoms with van der Waals surface area (Å²) in [6.07, 6.45) is 14.0. The molecule has 5 aromatic carbocycles. The summed E-state index contributed by atoms with van der Waals surface area (Å²) in [7, 11) is 0. The van der Waals surface area contributed by atoms with Crippen LogP contribution in [0.15, 0.2) is 120 Å². The van der Waals surface area contributed by atoms with Crippen molar-refractivity contribution in [3.63, 3.8) is 0 Å². The van der Waals surface area contributed by atoms with Gasteiger partial charge in [0.2, 0.25) is 0 Å². The second-order valence-electron chi connectivity index (χ2n) is 16.6. The zero-order valence-electron chi connectivity index (χ0n) is 34.8. The van der Waals surface area contributed by atoms with E-state index in [1.54, 1.807) is 16.7 Å². The minimum atomic E-state index is 0. The Morgan fingerprint density at radius 2 is 1.04 bits per heavy atom. The number of hydrogen-bond acceptors (Lipinski definition) is 0. The Morgan fingerprint density at radius 1 is 0.593 bits per heavy atom. The van der Waals surface area contributed by atoms with Gasteiger partial charge in [0.25, 0.3) is 0 Å². The molecule has 6 rings (SSSR count). The molecule has 288 valence electrons. The normalized spacial score (nSPS) is 14.0. The second kappa shape index (κ2) is 22.3. The summed E-state index contributed by atoms with van der Waals surface area (Å²) in [6.45, 7) is 22.8. The summed E-state index contributed by atoms with van der Waals surface area (Å²) in [5, 5.41) is 5.48. The van der Waals surface area contributed by atoms with Crippen LogP contribution in [0.3, 0.4) is 0 Å². The van der Waals surface area contributed by atoms with Crippen molar-refractivity contribution in [1.29, 1.82) is 0 Å². The van der Waals surface area contributed by atoms with E-state index in [2.05, 4.69) is 178 Å². The second-order valence-corrected chi connectivity index (χ2v) is 17.8. The van der Waals surface area contributed by atoms with E-state index in [4.69, 9.17) is 0 Å². The van der Waals surface area contributed by atoms with Gasteiger partial charge in [-0.3, -0.25) is 6.08 Å². The Kier molecular flexibility index (Phi) is 19.7. The zero-order chi connectivity index (χ0) is 37.9. The van der Waals surface area contributed by atoms with E-state index in [0.29, 0.717) is 5.92 Å². The molecule has 0 bridgehead atoms. The molecule has 0 heterocycles. The summed E-state index contributed by atoms with van der Waals surface area (Å²) in [5.41, 5.74) is 10.9. The molecular weight excluding hydrogens is 775 g/mol. The summed E-state index contributed by atoms with van der Waals surface area (Å²) >= 11 is 1.46. The first-order chi connectivity index (χ1) is 24.8. The van der Waals surface area contributed by atoms with E-state index in [9.17, 15) is 0 Å². The van der Waals surface area contributed by atoms with Crippen LogP contribution in [0.25, 0.3) is 21.5 Å². The van der Waals surface area contributed by atoms with E-state index in [1.807, 2.05) is 0 Å². The van der Waals surface area contributed by atoms with E-state index in [1.165, 1.54) is 123 Å². The van der Waals surface area contributed by atoms with Gasteiger partial charge in [-0.1, -0.05) is 155 Å². The Balaban J connectivity index is 0.000000281. The predicted octanol–water partition coefficient (Wildman–Crippen LogP) is 8.96. The fraction of sp³-hybridized carbons (Fsp3) is 0.412. The SMILES string of the molecule is CC(C)(C)c1ccc2c(c1)[cH-]c1cc(C(C)(C)C)ccc12.CCCC1=[C-]C(CCC)C(CCC)=C1CCC.[Cl-].[Cl-].[Zr+2]=[C](c1ccccc1)c1ccccc1. The number of hydrogen-bond donors (Lipinski definition) is 0. The van der Waals surface area contributed by atoms with Crippen molar-refractivity contribution < 1.29 is 49.0 Å². The Labute approximate surface area is 356 Å². The third kappa shape index (κ3) is 12.8. The van der Waals surface area contributed by atoms with Crippen molar-refractivity contribution in [3.8, 4) is 0 Å². The van der Waals surface area contributed by atoms with Crippen LogP contribution in [0, 0.1) is 12.0 Å². The molecule has 0 N–H and O–H groups in total. The summed E-state index contributed by atoms with van der Waals surface area (Å²) < 4.78 is 1.42. The first-order valence-corrected chi connectivity index (χ1v) is 21.2. The molecule has 0 nitrogen and oxygen atoms in total. The number of allylic oxidation sites excluding steroid dienone is 4. The summed E-state index contributed by atoms with van der Waals surface area (Å²) in [5.74, 6) is 0.656. The molecule has 0 aliphatic heterocycles. The summed E-state index contributed by atoms with van der Waals surface area (Å²) in [6, 6.07) is 37.3. The van der Waals surface area contributed by atoms with Crippen LogP contribution >= 0.6 is 0 Å². The van der Waals surface area contributed by atoms with Gasteiger partial charge < -0.3 is 24.8 Å². The average Bonchev–Trinajstić information content (AvgIpc) is 3.65. The van der Waals surface area contributed by atoms with Crippen molar-refractivity contribution in [2.45, 2.75) is 131 Å². The molecule has 0 saturated heterocycles. The summed E-state index contributed by atoms with van der Waals surface area (Å²) in [4.78, 5) is 0. The van der Waals surface area contributed by atoms with Crippen LogP contribution in [0.5, 0.6) is 0 Å². The standard InChI is InChI=1S/C21H25.C17H29.C13H10.2ClH.Zr/c1-20(2,3)16-7-9-18-14(12-16)11-15-13-17(21(4,5)6)8-10-19(15)18;1-5-9-14-13-15(10-6-2)17(12-8-4)16(14)11-7-3;1-3-7-12(8-4-1)11-13-9-5-2-6-10-13;;;/h7-13H,1-6H3;14H,5-12H2,1-4H3;1-10H;2*1H;/q2*-1;;;;+2/p-2. The van der Waals surface area contributed by atoms with Gasteiger partial charge >= 0.3 is 99.2 Å². The Morgan fingerprint density at radius 3 is 1.43 bits per heavy atom. The van der Waals surface area contributed by atoms with Crippen molar-refractivity contribution in [3.05, 3.63) is 148 Å². The van der Waals surface area contributed by atoms with Gasteiger partial charge in [0.1, 0.15) is 0 Å². The molecule has 1 aliphatic rings. The minimum absolute atomic E-state index is 0. The van der Waals surface area contributed by atoms with E-state index in [0.717, 1.165) is 0 Å². The molecule has 1 atom stereocenters. The van der Waals surface area contributed by atoms with Gasteiger partial charge in [0.15, 0.2) is 0 Å². The molecular formula is C51H64Cl2Zr-2. The van der Waals surface area contributed by atoms with Gasteiger partial charge in [0.05, 0.1) is 0 Å². The number of benzene rings is 4. The molecule has 0 spiro atoms. The molecule has 54 heavy (non-hydrogen) atoms. The zero-order valence-corrected chi connectivity index (χ0v) is 38.8. The molecule has 3 heteroatoms. The molecule has 1 aliphatic carbocycles. The van der Waals surface area contributed by atoms with Crippen LogP contribution in [0.2, 0.25) is 0 Å². The first-order valence-electron chi connectivity index (χ1n) is 20.0. The molecule has 0 saturated carbocycles. The third-order valence-electron chi connectivity index (χ3n) is 10.2. The Bertz CT molecular complexity index is 1840. The fourth-order valence-corrected chi connectivity index (χ4v) is 8.10. The number of fused-ring (bicyclic) bond motifs is 3. The van der Waals surface area contributed by atoms with Crippen molar-refractivity contribution in [2.24, 2.45) is 5.92 Å². The van der Waals surface area contributed by atoms with Crippen molar-refractivity contribution >= 4 is 24.8 Å². The third-order valence-corrected chi connectivity index (χ3v) is 11.6. The molecule has 0 amide bonds. The van der Waals surface area contributed by atoms with Crippen LogP contribution in [0.1, 0.15) is 143 Å². The van der Waals surface area contributed by atoms with E-state index >= 15 is 0 Å². The molecule has 0 fully saturated rings. The topological polar surface area (TPSA) is 0 Å².